The van der Waals surface area contributed by atoms with Gasteiger partial charge in [0, 0.05) is 5.56 Å². The van der Waals surface area contributed by atoms with Crippen molar-refractivity contribution in [3.8, 4) is 5.75 Å². The molecule has 1 aliphatic heterocycles. The highest BCUT2D eigenvalue weighted by atomic mass is 16.6. The molecule has 14 heavy (non-hydrogen) atoms. The Labute approximate surface area is 80.1 Å². The molecule has 1 aliphatic rings. The summed E-state index contributed by atoms with van der Waals surface area (Å²) in [5, 5.41) is 9.87. The van der Waals surface area contributed by atoms with Crippen LogP contribution in [0, 0.1) is 0 Å². The van der Waals surface area contributed by atoms with E-state index in [1.165, 1.54) is 12.1 Å². The van der Waals surface area contributed by atoms with E-state index in [0.717, 1.165) is 6.92 Å². The number of rotatable bonds is 1. The Morgan fingerprint density at radius 1 is 1.43 bits per heavy atom. The van der Waals surface area contributed by atoms with Gasteiger partial charge < -0.3 is 9.84 Å². The van der Waals surface area contributed by atoms with E-state index in [9.17, 15) is 14.7 Å². The molecule has 0 radical (unpaired) electrons. The number of aliphatic hydroxyl groups is 1. The van der Waals surface area contributed by atoms with E-state index in [4.69, 9.17) is 4.74 Å². The first kappa shape index (κ1) is 8.90. The highest BCUT2D eigenvalue weighted by Gasteiger charge is 2.51. The van der Waals surface area contributed by atoms with E-state index in [2.05, 4.69) is 0 Å². The number of esters is 1. The normalized spacial score (nSPS) is 24.3. The third-order valence-corrected chi connectivity index (χ3v) is 2.28. The fraction of sp³-hybridized carbons (Fsp3) is 0.200. The summed E-state index contributed by atoms with van der Waals surface area (Å²) in [7, 11) is 0. The summed E-state index contributed by atoms with van der Waals surface area (Å²) in [4.78, 5) is 22.5. The van der Waals surface area contributed by atoms with Crippen molar-refractivity contribution in [3.05, 3.63) is 29.8 Å². The minimum Gasteiger partial charge on any atom is -0.423 e. The molecule has 1 N–H and O–H groups in total. The molecule has 72 valence electrons. The van der Waals surface area contributed by atoms with Crippen LogP contribution >= 0.6 is 0 Å². The number of benzene rings is 1. The van der Waals surface area contributed by atoms with Gasteiger partial charge in [-0.05, 0) is 13.0 Å². The van der Waals surface area contributed by atoms with Crippen LogP contribution in [0.3, 0.4) is 0 Å². The van der Waals surface area contributed by atoms with Crippen molar-refractivity contribution in [2.75, 3.05) is 0 Å². The highest BCUT2D eigenvalue weighted by Crippen LogP contribution is 2.38. The van der Waals surface area contributed by atoms with Gasteiger partial charge in [-0.1, -0.05) is 18.2 Å². The van der Waals surface area contributed by atoms with Crippen LogP contribution in [0.5, 0.6) is 5.75 Å². The van der Waals surface area contributed by atoms with Crippen molar-refractivity contribution in [1.82, 2.24) is 0 Å². The van der Waals surface area contributed by atoms with Crippen LogP contribution in [0.15, 0.2) is 24.3 Å². The van der Waals surface area contributed by atoms with Crippen molar-refractivity contribution in [1.29, 1.82) is 0 Å². The molecule has 4 heteroatoms. The quantitative estimate of drug-likeness (QED) is 0.397. The Morgan fingerprint density at radius 3 is 2.71 bits per heavy atom. The smallest absolute Gasteiger partial charge is 0.356 e. The van der Waals surface area contributed by atoms with Gasteiger partial charge in [0.05, 0.1) is 0 Å². The third-order valence-electron chi connectivity index (χ3n) is 2.28. The maximum Gasteiger partial charge on any atom is 0.356 e. The number of hydrogen-bond acceptors (Lipinski definition) is 4. The van der Waals surface area contributed by atoms with Crippen LogP contribution in [0.2, 0.25) is 0 Å². The predicted molar refractivity (Wildman–Crippen MR) is 46.7 cm³/mol. The van der Waals surface area contributed by atoms with Gasteiger partial charge in [0.1, 0.15) is 5.75 Å². The molecule has 0 fully saturated rings. The van der Waals surface area contributed by atoms with Gasteiger partial charge in [0.25, 0.3) is 0 Å². The molecule has 0 saturated carbocycles. The SMILES string of the molecule is CC(=O)C1(O)C(=O)Oc2ccccc21. The molecular weight excluding hydrogens is 184 g/mol. The van der Waals surface area contributed by atoms with Crippen LogP contribution in [-0.4, -0.2) is 16.9 Å². The van der Waals surface area contributed by atoms with Gasteiger partial charge in [0.15, 0.2) is 5.78 Å². The molecular formula is C10H8O4. The number of para-hydroxylation sites is 1. The van der Waals surface area contributed by atoms with Crippen molar-refractivity contribution in [3.63, 3.8) is 0 Å². The molecule has 0 amide bonds. The van der Waals surface area contributed by atoms with Crippen molar-refractivity contribution in [2.45, 2.75) is 12.5 Å². The lowest BCUT2D eigenvalue weighted by Gasteiger charge is -2.14. The van der Waals surface area contributed by atoms with E-state index in [1.807, 2.05) is 0 Å². The van der Waals surface area contributed by atoms with E-state index >= 15 is 0 Å². The molecule has 1 heterocycles. The number of carbonyl (C=O) groups is 2. The van der Waals surface area contributed by atoms with Gasteiger partial charge in [-0.15, -0.1) is 0 Å². The predicted octanol–water partition coefficient (Wildman–Crippen LogP) is 0.382. The average Bonchev–Trinajstić information content (AvgIpc) is 2.41. The van der Waals surface area contributed by atoms with Crippen molar-refractivity contribution >= 4 is 11.8 Å². The Morgan fingerprint density at radius 2 is 2.07 bits per heavy atom. The molecule has 0 bridgehead atoms. The second kappa shape index (κ2) is 2.65. The Hall–Kier alpha value is -1.68. The Bertz CT molecular complexity index is 424. The number of fused-ring (bicyclic) bond motifs is 1. The fourth-order valence-electron chi connectivity index (χ4n) is 1.47. The average molecular weight is 192 g/mol. The van der Waals surface area contributed by atoms with E-state index in [1.54, 1.807) is 12.1 Å². The first-order chi connectivity index (χ1) is 6.56. The first-order valence-electron chi connectivity index (χ1n) is 4.12. The summed E-state index contributed by atoms with van der Waals surface area (Å²) in [5.41, 5.74) is -1.89. The molecule has 0 aliphatic carbocycles. The van der Waals surface area contributed by atoms with Gasteiger partial charge >= 0.3 is 5.97 Å². The lowest BCUT2D eigenvalue weighted by atomic mass is 9.92. The molecule has 1 unspecified atom stereocenters. The van der Waals surface area contributed by atoms with E-state index < -0.39 is 17.4 Å². The molecule has 0 spiro atoms. The molecule has 0 saturated heterocycles. The molecule has 2 rings (SSSR count). The second-order valence-electron chi connectivity index (χ2n) is 3.15. The van der Waals surface area contributed by atoms with Gasteiger partial charge in [-0.25, -0.2) is 4.79 Å². The number of carbonyl (C=O) groups excluding carboxylic acids is 2. The van der Waals surface area contributed by atoms with E-state index in [-0.39, 0.29) is 11.3 Å². The Kier molecular flexibility index (Phi) is 1.69. The standard InChI is InChI=1S/C10H8O4/c1-6(11)10(13)7-4-2-3-5-8(7)14-9(10)12/h2-5,13H,1H3. The molecule has 0 aromatic heterocycles. The minimum atomic E-state index is -2.11. The van der Waals surface area contributed by atoms with Crippen LogP contribution in [0.4, 0.5) is 0 Å². The zero-order valence-corrected chi connectivity index (χ0v) is 7.48. The molecule has 1 aromatic carbocycles. The molecule has 1 aromatic rings. The number of hydrogen-bond donors (Lipinski definition) is 1. The zero-order valence-electron chi connectivity index (χ0n) is 7.48. The van der Waals surface area contributed by atoms with Crippen LogP contribution in [0.1, 0.15) is 12.5 Å². The molecule has 1 atom stereocenters. The summed E-state index contributed by atoms with van der Waals surface area (Å²) in [6.45, 7) is 1.16. The van der Waals surface area contributed by atoms with Gasteiger partial charge in [0.2, 0.25) is 5.60 Å². The monoisotopic (exact) mass is 192 g/mol. The van der Waals surface area contributed by atoms with Crippen molar-refractivity contribution in [2.24, 2.45) is 0 Å². The first-order valence-corrected chi connectivity index (χ1v) is 4.12. The van der Waals surface area contributed by atoms with E-state index in [0.29, 0.717) is 0 Å². The maximum absolute atomic E-state index is 11.3. The summed E-state index contributed by atoms with van der Waals surface area (Å²) in [6.07, 6.45) is 0. The lowest BCUT2D eigenvalue weighted by Crippen LogP contribution is -2.40. The lowest BCUT2D eigenvalue weighted by molar-refractivity contribution is -0.159. The topological polar surface area (TPSA) is 63.6 Å². The van der Waals surface area contributed by atoms with Crippen LogP contribution in [0.25, 0.3) is 0 Å². The number of ether oxygens (including phenoxy) is 1. The summed E-state index contributed by atoms with van der Waals surface area (Å²) < 4.78 is 4.77. The van der Waals surface area contributed by atoms with Gasteiger partial charge in [-0.3, -0.25) is 4.79 Å². The summed E-state index contributed by atoms with van der Waals surface area (Å²) >= 11 is 0. The fourth-order valence-corrected chi connectivity index (χ4v) is 1.47. The number of ketones is 1. The zero-order chi connectivity index (χ0) is 10.3. The second-order valence-corrected chi connectivity index (χ2v) is 3.15. The van der Waals surface area contributed by atoms with Gasteiger partial charge in [-0.2, -0.15) is 0 Å². The minimum absolute atomic E-state index is 0.220. The Balaban J connectivity index is 2.66. The number of Topliss-reactive ketones (excluding diaryl/α,β-unsaturated/α-hetero) is 1. The summed E-state index contributed by atoms with van der Waals surface area (Å²) in [6, 6.07) is 6.34. The summed E-state index contributed by atoms with van der Waals surface area (Å²) in [5.74, 6) is -1.31. The maximum atomic E-state index is 11.3. The van der Waals surface area contributed by atoms with Crippen LogP contribution in [-0.2, 0) is 15.2 Å². The largest absolute Gasteiger partial charge is 0.423 e. The third kappa shape index (κ3) is 0.914. The highest BCUT2D eigenvalue weighted by molar-refractivity contribution is 6.10. The van der Waals surface area contributed by atoms with Crippen molar-refractivity contribution < 1.29 is 19.4 Å². The van der Waals surface area contributed by atoms with Crippen LogP contribution < -0.4 is 4.74 Å². The molecule has 4 nitrogen and oxygen atoms in total.